The molecule has 0 unspecified atom stereocenters. The predicted octanol–water partition coefficient (Wildman–Crippen LogP) is 3.49. The molecular weight excluding hydrogens is 380 g/mol. The fraction of sp³-hybridized carbons (Fsp3) is 0.0769. The second-order valence-corrected chi connectivity index (χ2v) is 7.11. The summed E-state index contributed by atoms with van der Waals surface area (Å²) < 4.78 is 32.8. The van der Waals surface area contributed by atoms with Crippen LogP contribution in [0.15, 0.2) is 45.8 Å². The molecule has 0 radical (unpaired) electrons. The molecule has 0 aliphatic carbocycles. The number of hydrogen-bond acceptors (Lipinski definition) is 4. The summed E-state index contributed by atoms with van der Waals surface area (Å²) in [5, 5.41) is 0.305. The fourth-order valence-electron chi connectivity index (χ4n) is 1.68. The molecular formula is C13H12BrClN2O3S. The van der Waals surface area contributed by atoms with Crippen LogP contribution in [0.5, 0.6) is 5.75 Å². The van der Waals surface area contributed by atoms with Crippen molar-refractivity contribution < 1.29 is 13.2 Å². The number of rotatable bonds is 4. The van der Waals surface area contributed by atoms with Gasteiger partial charge in [0, 0.05) is 4.47 Å². The van der Waals surface area contributed by atoms with E-state index in [2.05, 4.69) is 20.7 Å². The summed E-state index contributed by atoms with van der Waals surface area (Å²) >= 11 is 9.19. The van der Waals surface area contributed by atoms with Crippen molar-refractivity contribution in [2.45, 2.75) is 4.90 Å². The van der Waals surface area contributed by atoms with E-state index < -0.39 is 10.0 Å². The molecule has 112 valence electrons. The van der Waals surface area contributed by atoms with Gasteiger partial charge in [-0.1, -0.05) is 27.5 Å². The van der Waals surface area contributed by atoms with Crippen molar-refractivity contribution in [3.63, 3.8) is 0 Å². The van der Waals surface area contributed by atoms with Crippen LogP contribution < -0.4 is 15.2 Å². The molecule has 8 heteroatoms. The number of nitrogens with one attached hydrogen (secondary N) is 1. The van der Waals surface area contributed by atoms with Crippen LogP contribution in [0.4, 0.5) is 11.4 Å². The van der Waals surface area contributed by atoms with Crippen molar-refractivity contribution in [2.24, 2.45) is 0 Å². The van der Waals surface area contributed by atoms with E-state index in [1.165, 1.54) is 25.3 Å². The van der Waals surface area contributed by atoms with Gasteiger partial charge in [-0.2, -0.15) is 0 Å². The lowest BCUT2D eigenvalue weighted by Gasteiger charge is -2.11. The van der Waals surface area contributed by atoms with E-state index in [1.54, 1.807) is 18.2 Å². The van der Waals surface area contributed by atoms with Gasteiger partial charge >= 0.3 is 0 Å². The number of sulfonamides is 1. The molecule has 0 saturated carbocycles. The Morgan fingerprint density at radius 3 is 2.57 bits per heavy atom. The van der Waals surface area contributed by atoms with E-state index in [4.69, 9.17) is 22.1 Å². The Morgan fingerprint density at radius 2 is 1.95 bits per heavy atom. The number of hydrogen-bond donors (Lipinski definition) is 2. The largest absolute Gasteiger partial charge is 0.495 e. The number of benzene rings is 2. The van der Waals surface area contributed by atoms with Gasteiger partial charge in [-0.05, 0) is 36.4 Å². The van der Waals surface area contributed by atoms with Gasteiger partial charge in [0.2, 0.25) is 0 Å². The highest BCUT2D eigenvalue weighted by molar-refractivity contribution is 9.10. The second kappa shape index (κ2) is 6.13. The zero-order chi connectivity index (χ0) is 15.6. The van der Waals surface area contributed by atoms with E-state index in [9.17, 15) is 8.42 Å². The van der Waals surface area contributed by atoms with Gasteiger partial charge in [0.1, 0.15) is 10.6 Å². The van der Waals surface area contributed by atoms with Gasteiger partial charge < -0.3 is 10.5 Å². The SMILES string of the molecule is COc1ccc(NS(=O)(=O)c2cc(Br)ccc2N)cc1Cl. The Kier molecular flexibility index (Phi) is 4.65. The molecule has 0 bridgehead atoms. The van der Waals surface area contributed by atoms with Crippen LogP contribution in [0.25, 0.3) is 0 Å². The molecule has 0 saturated heterocycles. The van der Waals surface area contributed by atoms with E-state index >= 15 is 0 Å². The number of halogens is 2. The van der Waals surface area contributed by atoms with Gasteiger partial charge in [-0.3, -0.25) is 4.72 Å². The summed E-state index contributed by atoms with van der Waals surface area (Å²) in [7, 11) is -2.33. The quantitative estimate of drug-likeness (QED) is 0.782. The number of nitrogens with two attached hydrogens (primary N) is 1. The lowest BCUT2D eigenvalue weighted by atomic mass is 10.3. The fourth-order valence-corrected chi connectivity index (χ4v) is 3.66. The van der Waals surface area contributed by atoms with Gasteiger partial charge in [0.25, 0.3) is 10.0 Å². The summed E-state index contributed by atoms with van der Waals surface area (Å²) in [6.45, 7) is 0. The molecule has 2 rings (SSSR count). The molecule has 2 aromatic rings. The zero-order valence-corrected chi connectivity index (χ0v) is 14.1. The maximum atomic E-state index is 12.4. The summed E-state index contributed by atoms with van der Waals surface area (Å²) in [6.07, 6.45) is 0. The molecule has 5 nitrogen and oxygen atoms in total. The minimum atomic E-state index is -3.81. The average molecular weight is 392 g/mol. The number of anilines is 2. The summed E-state index contributed by atoms with van der Waals surface area (Å²) in [6, 6.07) is 9.20. The van der Waals surface area contributed by atoms with Crippen LogP contribution in [0.3, 0.4) is 0 Å². The minimum Gasteiger partial charge on any atom is -0.495 e. The van der Waals surface area contributed by atoms with Crippen LogP contribution in [0, 0.1) is 0 Å². The first-order chi connectivity index (χ1) is 9.83. The zero-order valence-electron chi connectivity index (χ0n) is 10.9. The van der Waals surface area contributed by atoms with Crippen molar-refractivity contribution in [3.8, 4) is 5.75 Å². The first-order valence-corrected chi connectivity index (χ1v) is 8.40. The third-order valence-corrected chi connectivity index (χ3v) is 4.89. The molecule has 0 atom stereocenters. The van der Waals surface area contributed by atoms with Gasteiger partial charge in [-0.25, -0.2) is 8.42 Å². The molecule has 2 aromatic carbocycles. The summed E-state index contributed by atoms with van der Waals surface area (Å²) in [5.41, 5.74) is 6.20. The van der Waals surface area contributed by atoms with Crippen LogP contribution in [-0.4, -0.2) is 15.5 Å². The monoisotopic (exact) mass is 390 g/mol. The second-order valence-electron chi connectivity index (χ2n) is 4.14. The molecule has 0 aliphatic rings. The molecule has 21 heavy (non-hydrogen) atoms. The highest BCUT2D eigenvalue weighted by Gasteiger charge is 2.18. The van der Waals surface area contributed by atoms with Gasteiger partial charge in [-0.15, -0.1) is 0 Å². The average Bonchev–Trinajstić information content (AvgIpc) is 2.41. The van der Waals surface area contributed by atoms with Gasteiger partial charge in [0.05, 0.1) is 23.5 Å². The van der Waals surface area contributed by atoms with E-state index in [1.807, 2.05) is 0 Å². The molecule has 0 amide bonds. The van der Waals surface area contributed by atoms with Crippen molar-refractivity contribution in [1.82, 2.24) is 0 Å². The van der Waals surface area contributed by atoms with Crippen molar-refractivity contribution in [1.29, 1.82) is 0 Å². The normalized spacial score (nSPS) is 11.2. The van der Waals surface area contributed by atoms with Crippen LogP contribution in [-0.2, 0) is 10.0 Å². The molecule has 0 fully saturated rings. The maximum Gasteiger partial charge on any atom is 0.263 e. The lowest BCUT2D eigenvalue weighted by molar-refractivity contribution is 0.415. The molecule has 0 aliphatic heterocycles. The lowest BCUT2D eigenvalue weighted by Crippen LogP contribution is -2.14. The highest BCUT2D eigenvalue weighted by atomic mass is 79.9. The number of methoxy groups -OCH3 is 1. The number of nitrogen functional groups attached to an aromatic ring is 1. The Balaban J connectivity index is 2.37. The first kappa shape index (κ1) is 15.9. The smallest absolute Gasteiger partial charge is 0.263 e. The van der Waals surface area contributed by atoms with Crippen LogP contribution in [0.2, 0.25) is 5.02 Å². The Hall–Kier alpha value is -1.44. The summed E-state index contributed by atoms with van der Waals surface area (Å²) in [5.74, 6) is 0.460. The Bertz CT molecular complexity index is 781. The number of ether oxygens (including phenoxy) is 1. The van der Waals surface area contributed by atoms with Crippen molar-refractivity contribution >= 4 is 48.9 Å². The van der Waals surface area contributed by atoms with Crippen molar-refractivity contribution in [3.05, 3.63) is 45.9 Å². The van der Waals surface area contributed by atoms with Crippen LogP contribution in [0.1, 0.15) is 0 Å². The topological polar surface area (TPSA) is 81.4 Å². The van der Waals surface area contributed by atoms with E-state index in [-0.39, 0.29) is 10.6 Å². The molecule has 0 aromatic heterocycles. The predicted molar refractivity (Wildman–Crippen MR) is 87.4 cm³/mol. The maximum absolute atomic E-state index is 12.4. The third kappa shape index (κ3) is 3.61. The first-order valence-electron chi connectivity index (χ1n) is 5.75. The molecule has 0 spiro atoms. The Labute approximate surface area is 136 Å². The van der Waals surface area contributed by atoms with E-state index in [0.717, 1.165) is 0 Å². The Morgan fingerprint density at radius 1 is 1.24 bits per heavy atom. The molecule has 3 N–H and O–H groups in total. The summed E-state index contributed by atoms with van der Waals surface area (Å²) in [4.78, 5) is -0.0104. The molecule has 0 heterocycles. The van der Waals surface area contributed by atoms with E-state index in [0.29, 0.717) is 20.9 Å². The van der Waals surface area contributed by atoms with Crippen LogP contribution >= 0.6 is 27.5 Å². The standard InChI is InChI=1S/C13H12BrClN2O3S/c1-20-12-5-3-9(7-10(12)15)17-21(18,19)13-6-8(14)2-4-11(13)16/h2-7,17H,16H2,1H3. The van der Waals surface area contributed by atoms with Crippen molar-refractivity contribution in [2.75, 3.05) is 17.6 Å². The highest BCUT2D eigenvalue weighted by Crippen LogP contribution is 2.30. The minimum absolute atomic E-state index is 0.0104. The van der Waals surface area contributed by atoms with Gasteiger partial charge in [0.15, 0.2) is 0 Å². The third-order valence-electron chi connectivity index (χ3n) is 2.67.